The molecular weight excluding hydrogens is 328 g/mol. The molecule has 0 N–H and O–H groups in total. The van der Waals surface area contributed by atoms with Gasteiger partial charge in [0.05, 0.1) is 26.1 Å². The molecule has 0 aromatic heterocycles. The molecule has 0 aliphatic heterocycles. The summed E-state index contributed by atoms with van der Waals surface area (Å²) < 4.78 is 10.4. The number of esters is 2. The second-order valence-electron chi connectivity index (χ2n) is 9.43. The molecule has 0 aliphatic rings. The first kappa shape index (κ1) is 24.9. The number of carbonyl (C=O) groups excluding carboxylic acids is 2. The summed E-state index contributed by atoms with van der Waals surface area (Å²) in [6, 6.07) is 0. The van der Waals surface area contributed by atoms with E-state index in [0.717, 1.165) is 25.7 Å². The number of carbonyl (C=O) groups is 2. The molecule has 0 heterocycles. The molecule has 0 aromatic carbocycles. The van der Waals surface area contributed by atoms with Gasteiger partial charge in [-0.3, -0.25) is 9.59 Å². The number of rotatable bonds is 13. The maximum atomic E-state index is 11.7. The van der Waals surface area contributed by atoms with Crippen molar-refractivity contribution in [3.8, 4) is 0 Å². The minimum Gasteiger partial charge on any atom is -0.466 e. The molecule has 0 fully saturated rings. The highest BCUT2D eigenvalue weighted by Crippen LogP contribution is 2.32. The second kappa shape index (κ2) is 11.6. The van der Waals surface area contributed by atoms with Crippen molar-refractivity contribution >= 4 is 11.9 Å². The van der Waals surface area contributed by atoms with E-state index < -0.39 is 0 Å². The van der Waals surface area contributed by atoms with Crippen LogP contribution in [-0.4, -0.2) is 25.2 Å². The second-order valence-corrected chi connectivity index (χ2v) is 9.43. The van der Waals surface area contributed by atoms with E-state index in [4.69, 9.17) is 9.47 Å². The van der Waals surface area contributed by atoms with Gasteiger partial charge in [-0.1, -0.05) is 55.4 Å². The Hall–Kier alpha value is -1.06. The minimum atomic E-state index is -0.315. The molecule has 0 radical (unpaired) electrons. The maximum absolute atomic E-state index is 11.7. The average Bonchev–Trinajstić information content (AvgIpc) is 2.53. The largest absolute Gasteiger partial charge is 0.466 e. The van der Waals surface area contributed by atoms with E-state index in [2.05, 4.69) is 55.4 Å². The molecule has 0 aliphatic carbocycles. The SMILES string of the molecule is CC(C)C(C)(C)CCCOC(=O)CCC(=O)OCCCC(C)(C)C(C)C. The summed E-state index contributed by atoms with van der Waals surface area (Å²) in [4.78, 5) is 23.4. The van der Waals surface area contributed by atoms with Gasteiger partial charge < -0.3 is 9.47 Å². The fraction of sp³-hybridized carbons (Fsp3) is 0.909. The van der Waals surface area contributed by atoms with E-state index in [9.17, 15) is 9.59 Å². The number of ether oxygens (including phenoxy) is 2. The molecule has 0 spiro atoms. The fourth-order valence-corrected chi connectivity index (χ4v) is 2.35. The predicted octanol–water partition coefficient (Wildman–Crippen LogP) is 5.78. The Morgan fingerprint density at radius 3 is 1.27 bits per heavy atom. The summed E-state index contributed by atoms with van der Waals surface area (Å²) in [5, 5.41) is 0. The first-order valence-electron chi connectivity index (χ1n) is 10.2. The van der Waals surface area contributed by atoms with Crippen molar-refractivity contribution in [2.45, 2.75) is 93.9 Å². The molecule has 0 bridgehead atoms. The normalized spacial score (nSPS) is 12.5. The van der Waals surface area contributed by atoms with Crippen LogP contribution < -0.4 is 0 Å². The molecular formula is C22H42O4. The third kappa shape index (κ3) is 10.8. The summed E-state index contributed by atoms with van der Waals surface area (Å²) in [6.45, 7) is 18.6. The van der Waals surface area contributed by atoms with Gasteiger partial charge in [-0.15, -0.1) is 0 Å². The van der Waals surface area contributed by atoms with Gasteiger partial charge in [-0.25, -0.2) is 0 Å². The Morgan fingerprint density at radius 2 is 1.00 bits per heavy atom. The molecule has 0 saturated heterocycles. The lowest BCUT2D eigenvalue weighted by atomic mass is 9.77. The lowest BCUT2D eigenvalue weighted by Crippen LogP contribution is -2.20. The van der Waals surface area contributed by atoms with Crippen LogP contribution in [0.2, 0.25) is 0 Å². The zero-order valence-electron chi connectivity index (χ0n) is 18.4. The first-order chi connectivity index (χ1) is 11.9. The maximum Gasteiger partial charge on any atom is 0.306 e. The van der Waals surface area contributed by atoms with E-state index in [0.29, 0.717) is 25.0 Å². The van der Waals surface area contributed by atoms with Crippen molar-refractivity contribution in [1.29, 1.82) is 0 Å². The highest BCUT2D eigenvalue weighted by atomic mass is 16.5. The van der Waals surface area contributed by atoms with Gasteiger partial charge in [0.25, 0.3) is 0 Å². The van der Waals surface area contributed by atoms with Gasteiger partial charge in [0, 0.05) is 0 Å². The Balaban J connectivity index is 3.78. The molecule has 0 amide bonds. The standard InChI is InChI=1S/C22H42O4/c1-17(2)21(5,6)13-9-15-25-19(23)11-12-20(24)26-16-10-14-22(7,8)18(3)4/h17-18H,9-16H2,1-8H3. The molecule has 0 atom stereocenters. The fourth-order valence-electron chi connectivity index (χ4n) is 2.35. The average molecular weight is 371 g/mol. The summed E-state index contributed by atoms with van der Waals surface area (Å²) >= 11 is 0. The van der Waals surface area contributed by atoms with Crippen LogP contribution in [-0.2, 0) is 19.1 Å². The van der Waals surface area contributed by atoms with Crippen LogP contribution in [0.25, 0.3) is 0 Å². The Kier molecular flexibility index (Phi) is 11.1. The van der Waals surface area contributed by atoms with E-state index in [1.165, 1.54) is 0 Å². The smallest absolute Gasteiger partial charge is 0.306 e. The molecule has 4 nitrogen and oxygen atoms in total. The molecule has 0 aromatic rings. The summed E-state index contributed by atoms with van der Waals surface area (Å²) in [7, 11) is 0. The van der Waals surface area contributed by atoms with E-state index in [1.54, 1.807) is 0 Å². The molecule has 4 heteroatoms. The highest BCUT2D eigenvalue weighted by molar-refractivity contribution is 5.77. The van der Waals surface area contributed by atoms with Gasteiger partial charge in [-0.05, 0) is 48.3 Å². The van der Waals surface area contributed by atoms with Crippen LogP contribution in [0, 0.1) is 22.7 Å². The number of hydrogen-bond acceptors (Lipinski definition) is 4. The molecule has 26 heavy (non-hydrogen) atoms. The van der Waals surface area contributed by atoms with Crippen LogP contribution >= 0.6 is 0 Å². The van der Waals surface area contributed by atoms with Crippen LogP contribution in [0.1, 0.15) is 93.9 Å². The van der Waals surface area contributed by atoms with Crippen molar-refractivity contribution in [3.63, 3.8) is 0 Å². The molecule has 0 unspecified atom stereocenters. The summed E-state index contributed by atoms with van der Waals surface area (Å²) in [6.07, 6.45) is 3.95. The zero-order valence-corrected chi connectivity index (χ0v) is 18.4. The zero-order chi connectivity index (χ0) is 20.4. The monoisotopic (exact) mass is 370 g/mol. The van der Waals surface area contributed by atoms with E-state index >= 15 is 0 Å². The third-order valence-electron chi connectivity index (χ3n) is 6.12. The van der Waals surface area contributed by atoms with Crippen molar-refractivity contribution in [2.75, 3.05) is 13.2 Å². The summed E-state index contributed by atoms with van der Waals surface area (Å²) in [5.74, 6) is 0.564. The minimum absolute atomic E-state index is 0.101. The van der Waals surface area contributed by atoms with Gasteiger partial charge in [0.2, 0.25) is 0 Å². The van der Waals surface area contributed by atoms with Gasteiger partial charge >= 0.3 is 11.9 Å². The van der Waals surface area contributed by atoms with Crippen LogP contribution in [0.15, 0.2) is 0 Å². The van der Waals surface area contributed by atoms with Crippen molar-refractivity contribution < 1.29 is 19.1 Å². The van der Waals surface area contributed by atoms with Crippen molar-refractivity contribution in [3.05, 3.63) is 0 Å². The van der Waals surface area contributed by atoms with Crippen LogP contribution in [0.5, 0.6) is 0 Å². The topological polar surface area (TPSA) is 52.6 Å². The van der Waals surface area contributed by atoms with E-state index in [1.807, 2.05) is 0 Å². The highest BCUT2D eigenvalue weighted by Gasteiger charge is 2.22. The quantitative estimate of drug-likeness (QED) is 0.305. The molecule has 0 saturated carbocycles. The van der Waals surface area contributed by atoms with Crippen LogP contribution in [0.3, 0.4) is 0 Å². The summed E-state index contributed by atoms with van der Waals surface area (Å²) in [5.41, 5.74) is 0.501. The third-order valence-corrected chi connectivity index (χ3v) is 6.12. The first-order valence-corrected chi connectivity index (χ1v) is 10.2. The predicted molar refractivity (Wildman–Crippen MR) is 107 cm³/mol. The Bertz CT molecular complexity index is 382. The van der Waals surface area contributed by atoms with E-state index in [-0.39, 0.29) is 35.6 Å². The Morgan fingerprint density at radius 1 is 0.692 bits per heavy atom. The lowest BCUT2D eigenvalue weighted by molar-refractivity contribution is -0.150. The Labute approximate surface area is 161 Å². The lowest BCUT2D eigenvalue weighted by Gasteiger charge is -2.29. The van der Waals surface area contributed by atoms with Crippen molar-refractivity contribution in [1.82, 2.24) is 0 Å². The van der Waals surface area contributed by atoms with Gasteiger partial charge in [0.15, 0.2) is 0 Å². The van der Waals surface area contributed by atoms with Gasteiger partial charge in [-0.2, -0.15) is 0 Å². The molecule has 154 valence electrons. The molecule has 0 rings (SSSR count). The van der Waals surface area contributed by atoms with Crippen LogP contribution in [0.4, 0.5) is 0 Å². The van der Waals surface area contributed by atoms with Crippen molar-refractivity contribution in [2.24, 2.45) is 22.7 Å². The number of hydrogen-bond donors (Lipinski definition) is 0. The van der Waals surface area contributed by atoms with Gasteiger partial charge in [0.1, 0.15) is 0 Å².